The van der Waals surface area contributed by atoms with Gasteiger partial charge in [0.05, 0.1) is 11.4 Å². The van der Waals surface area contributed by atoms with E-state index in [2.05, 4.69) is 28.0 Å². The van der Waals surface area contributed by atoms with Crippen LogP contribution in [0.1, 0.15) is 6.42 Å². The normalized spacial score (nSPS) is 24.1. The highest BCUT2D eigenvalue weighted by Crippen LogP contribution is 2.35. The molecule has 0 bridgehead atoms. The minimum absolute atomic E-state index is 0.689. The summed E-state index contributed by atoms with van der Waals surface area (Å²) < 4.78 is 0. The van der Waals surface area contributed by atoms with Gasteiger partial charge in [0.15, 0.2) is 0 Å². The first-order chi connectivity index (χ1) is 7.84. The summed E-state index contributed by atoms with van der Waals surface area (Å²) in [7, 11) is 0. The van der Waals surface area contributed by atoms with Gasteiger partial charge in [-0.2, -0.15) is 11.8 Å². The zero-order valence-electron chi connectivity index (χ0n) is 9.08. The molecule has 0 aliphatic carbocycles. The first kappa shape index (κ1) is 10.6. The van der Waals surface area contributed by atoms with E-state index in [0.717, 1.165) is 18.1 Å². The molecule has 3 rings (SSSR count). The fourth-order valence-electron chi connectivity index (χ4n) is 2.48. The largest absolute Gasteiger partial charge is 0.383 e. The van der Waals surface area contributed by atoms with Crippen LogP contribution >= 0.6 is 23.4 Å². The van der Waals surface area contributed by atoms with E-state index >= 15 is 0 Å². The number of rotatable bonds is 0. The van der Waals surface area contributed by atoms with Crippen molar-refractivity contribution in [1.29, 1.82) is 0 Å². The lowest BCUT2D eigenvalue weighted by atomic mass is 10.2. The molecule has 0 aromatic heterocycles. The predicted molar refractivity (Wildman–Crippen MR) is 73.0 cm³/mol. The molecule has 1 atom stereocenters. The number of fused-ring (bicyclic) bond motifs is 3. The molecule has 1 aromatic rings. The highest BCUT2D eigenvalue weighted by Gasteiger charge is 2.26. The number of halogens is 1. The van der Waals surface area contributed by atoms with Crippen LogP contribution in [0.2, 0.25) is 5.02 Å². The molecule has 1 N–H and O–H groups in total. The van der Waals surface area contributed by atoms with Crippen molar-refractivity contribution in [2.75, 3.05) is 34.8 Å². The monoisotopic (exact) mass is 254 g/mol. The van der Waals surface area contributed by atoms with Gasteiger partial charge in [0.1, 0.15) is 0 Å². The van der Waals surface area contributed by atoms with E-state index in [4.69, 9.17) is 11.6 Å². The van der Waals surface area contributed by atoms with Crippen molar-refractivity contribution in [1.82, 2.24) is 0 Å². The van der Waals surface area contributed by atoms with Crippen molar-refractivity contribution in [3.8, 4) is 0 Å². The SMILES string of the molecule is Clc1ccc2c(c1)NCCC1CSCCN21. The van der Waals surface area contributed by atoms with Crippen molar-refractivity contribution in [3.05, 3.63) is 23.2 Å². The molecule has 1 saturated heterocycles. The lowest BCUT2D eigenvalue weighted by molar-refractivity contribution is 0.625. The lowest BCUT2D eigenvalue weighted by Crippen LogP contribution is -2.42. The van der Waals surface area contributed by atoms with Crippen LogP contribution in [0.4, 0.5) is 11.4 Å². The number of hydrogen-bond donors (Lipinski definition) is 1. The Morgan fingerprint density at radius 1 is 1.44 bits per heavy atom. The maximum Gasteiger partial charge on any atom is 0.0606 e. The van der Waals surface area contributed by atoms with E-state index in [-0.39, 0.29) is 0 Å². The summed E-state index contributed by atoms with van der Waals surface area (Å²) in [4.78, 5) is 2.54. The molecule has 1 aromatic carbocycles. The van der Waals surface area contributed by atoms with Crippen LogP contribution < -0.4 is 10.2 Å². The van der Waals surface area contributed by atoms with E-state index < -0.39 is 0 Å². The fraction of sp³-hybridized carbons (Fsp3) is 0.500. The Morgan fingerprint density at radius 2 is 2.38 bits per heavy atom. The molecule has 0 spiro atoms. The maximum absolute atomic E-state index is 6.04. The number of nitrogens with one attached hydrogen (secondary N) is 1. The van der Waals surface area contributed by atoms with E-state index in [9.17, 15) is 0 Å². The summed E-state index contributed by atoms with van der Waals surface area (Å²) in [5.74, 6) is 2.49. The topological polar surface area (TPSA) is 15.3 Å². The summed E-state index contributed by atoms with van der Waals surface area (Å²) >= 11 is 8.11. The van der Waals surface area contributed by atoms with Gasteiger partial charge in [-0.3, -0.25) is 0 Å². The van der Waals surface area contributed by atoms with Crippen molar-refractivity contribution in [3.63, 3.8) is 0 Å². The molecule has 2 aliphatic rings. The summed E-state index contributed by atoms with van der Waals surface area (Å²) in [5.41, 5.74) is 2.52. The van der Waals surface area contributed by atoms with Gasteiger partial charge in [-0.15, -0.1) is 0 Å². The molecular formula is C12H15ClN2S. The molecule has 0 amide bonds. The van der Waals surface area contributed by atoms with Gasteiger partial charge < -0.3 is 10.2 Å². The number of nitrogens with zero attached hydrogens (tertiary/aromatic N) is 1. The Labute approximate surface area is 105 Å². The van der Waals surface area contributed by atoms with E-state index in [1.807, 2.05) is 12.1 Å². The summed E-state index contributed by atoms with van der Waals surface area (Å²) in [6.07, 6.45) is 1.22. The Hall–Kier alpha value is -0.540. The maximum atomic E-state index is 6.04. The van der Waals surface area contributed by atoms with E-state index in [0.29, 0.717) is 6.04 Å². The molecule has 0 radical (unpaired) electrons. The first-order valence-electron chi connectivity index (χ1n) is 5.72. The predicted octanol–water partition coefficient (Wildman–Crippen LogP) is 3.08. The molecule has 2 heterocycles. The van der Waals surface area contributed by atoms with Crippen LogP contribution in [-0.4, -0.2) is 30.6 Å². The second-order valence-corrected chi connectivity index (χ2v) is 5.89. The Kier molecular flexibility index (Phi) is 2.90. The van der Waals surface area contributed by atoms with Crippen LogP contribution in [0.15, 0.2) is 18.2 Å². The van der Waals surface area contributed by atoms with Gasteiger partial charge in [-0.1, -0.05) is 11.6 Å². The fourth-order valence-corrected chi connectivity index (χ4v) is 3.77. The summed E-state index contributed by atoms with van der Waals surface area (Å²) in [5, 5.41) is 4.30. The molecule has 2 aliphatic heterocycles. The first-order valence-corrected chi connectivity index (χ1v) is 7.26. The highest BCUT2D eigenvalue weighted by molar-refractivity contribution is 7.99. The molecule has 86 valence electrons. The molecule has 1 unspecified atom stereocenters. The van der Waals surface area contributed by atoms with Gasteiger partial charge in [0.2, 0.25) is 0 Å². The lowest BCUT2D eigenvalue weighted by Gasteiger charge is -2.36. The number of benzene rings is 1. The van der Waals surface area contributed by atoms with Crippen molar-refractivity contribution < 1.29 is 0 Å². The number of anilines is 2. The molecule has 16 heavy (non-hydrogen) atoms. The number of thioether (sulfide) groups is 1. The molecule has 4 heteroatoms. The zero-order chi connectivity index (χ0) is 11.0. The Balaban J connectivity index is 2.00. The van der Waals surface area contributed by atoms with Gasteiger partial charge in [-0.05, 0) is 24.6 Å². The molecule has 2 nitrogen and oxygen atoms in total. The smallest absolute Gasteiger partial charge is 0.0606 e. The second-order valence-electron chi connectivity index (χ2n) is 4.30. The average Bonchev–Trinajstić information content (AvgIpc) is 2.47. The van der Waals surface area contributed by atoms with Crippen molar-refractivity contribution in [2.45, 2.75) is 12.5 Å². The van der Waals surface area contributed by atoms with Gasteiger partial charge in [0.25, 0.3) is 0 Å². The van der Waals surface area contributed by atoms with Crippen molar-refractivity contribution in [2.24, 2.45) is 0 Å². The van der Waals surface area contributed by atoms with Gasteiger partial charge in [0, 0.05) is 35.7 Å². The minimum Gasteiger partial charge on any atom is -0.383 e. The summed E-state index contributed by atoms with van der Waals surface area (Å²) in [6.45, 7) is 2.21. The van der Waals surface area contributed by atoms with Crippen molar-refractivity contribution >= 4 is 34.7 Å². The van der Waals surface area contributed by atoms with Gasteiger partial charge >= 0.3 is 0 Å². The van der Waals surface area contributed by atoms with Crippen LogP contribution in [0, 0.1) is 0 Å². The van der Waals surface area contributed by atoms with E-state index in [1.165, 1.54) is 29.3 Å². The molecule has 0 saturated carbocycles. The molecular weight excluding hydrogens is 240 g/mol. The van der Waals surface area contributed by atoms with Crippen LogP contribution in [0.3, 0.4) is 0 Å². The van der Waals surface area contributed by atoms with E-state index in [1.54, 1.807) is 0 Å². The second kappa shape index (κ2) is 4.38. The average molecular weight is 255 g/mol. The third-order valence-corrected chi connectivity index (χ3v) is 4.62. The highest BCUT2D eigenvalue weighted by atomic mass is 35.5. The molecule has 1 fully saturated rings. The third-order valence-electron chi connectivity index (χ3n) is 3.29. The Bertz CT molecular complexity index is 397. The van der Waals surface area contributed by atoms with Gasteiger partial charge in [-0.25, -0.2) is 0 Å². The quantitative estimate of drug-likeness (QED) is 0.766. The zero-order valence-corrected chi connectivity index (χ0v) is 10.7. The van der Waals surface area contributed by atoms with Crippen LogP contribution in [-0.2, 0) is 0 Å². The minimum atomic E-state index is 0.689. The Morgan fingerprint density at radius 3 is 3.31 bits per heavy atom. The number of hydrogen-bond acceptors (Lipinski definition) is 3. The van der Waals surface area contributed by atoms with Crippen LogP contribution in [0.5, 0.6) is 0 Å². The third kappa shape index (κ3) is 1.87. The summed E-state index contributed by atoms with van der Waals surface area (Å²) in [6, 6.07) is 6.88. The standard InChI is InChI=1S/C12H15ClN2S/c13-9-1-2-12-11(7-9)14-4-3-10-8-16-6-5-15(10)12/h1-2,7,10,14H,3-6,8H2. The van der Waals surface area contributed by atoms with Crippen LogP contribution in [0.25, 0.3) is 0 Å².